The molecule has 3 N–H and O–H groups in total. The van der Waals surface area contributed by atoms with Gasteiger partial charge in [0, 0.05) is 12.3 Å². The number of rotatable bonds is 5. The first kappa shape index (κ1) is 13.3. The molecule has 90 valence electrons. The third-order valence-corrected chi connectivity index (χ3v) is 3.79. The highest BCUT2D eigenvalue weighted by Crippen LogP contribution is 2.27. The highest BCUT2D eigenvalue weighted by molar-refractivity contribution is 7.99. The van der Waals surface area contributed by atoms with Crippen molar-refractivity contribution in [3.05, 3.63) is 0 Å². The molecule has 0 unspecified atom stereocenters. The summed E-state index contributed by atoms with van der Waals surface area (Å²) in [5.74, 6) is 1.15. The van der Waals surface area contributed by atoms with E-state index in [1.54, 1.807) is 0 Å². The molecule has 16 heavy (non-hydrogen) atoms. The van der Waals surface area contributed by atoms with Gasteiger partial charge in [-0.25, -0.2) is 0 Å². The fourth-order valence-electron chi connectivity index (χ4n) is 1.97. The van der Waals surface area contributed by atoms with Crippen molar-refractivity contribution in [1.29, 1.82) is 5.26 Å². The summed E-state index contributed by atoms with van der Waals surface area (Å²) in [6, 6.07) is 2.27. The van der Waals surface area contributed by atoms with Crippen LogP contribution in [0.15, 0.2) is 0 Å². The summed E-state index contributed by atoms with van der Waals surface area (Å²) in [7, 11) is 0. The van der Waals surface area contributed by atoms with Gasteiger partial charge < -0.3 is 11.1 Å². The molecule has 0 heterocycles. The highest BCUT2D eigenvalue weighted by Gasteiger charge is 2.33. The Morgan fingerprint density at radius 2 is 2.12 bits per heavy atom. The number of nitrogens with two attached hydrogens (primary N) is 1. The van der Waals surface area contributed by atoms with Gasteiger partial charge in [0.2, 0.25) is 5.91 Å². The molecule has 5 heteroatoms. The van der Waals surface area contributed by atoms with Crippen LogP contribution in [-0.4, -0.2) is 29.5 Å². The van der Waals surface area contributed by atoms with Crippen molar-refractivity contribution < 1.29 is 4.79 Å². The molecular weight excluding hydrogens is 222 g/mol. The minimum Gasteiger partial charge on any atom is -0.337 e. The van der Waals surface area contributed by atoms with Crippen molar-refractivity contribution in [1.82, 2.24) is 5.32 Å². The molecule has 0 spiro atoms. The fourth-order valence-corrected chi connectivity index (χ4v) is 2.54. The number of carbonyl (C=O) groups is 1. The molecule has 0 aromatic rings. The lowest BCUT2D eigenvalue weighted by atomic mass is 9.83. The fraction of sp³-hybridized carbons (Fsp3) is 0.818. The van der Waals surface area contributed by atoms with Crippen molar-refractivity contribution in [2.75, 3.05) is 18.1 Å². The quantitative estimate of drug-likeness (QED) is 0.704. The van der Waals surface area contributed by atoms with Crippen LogP contribution in [0.5, 0.6) is 0 Å². The Morgan fingerprint density at radius 3 is 2.69 bits per heavy atom. The number of nitriles is 1. The van der Waals surface area contributed by atoms with Gasteiger partial charge in [-0.2, -0.15) is 17.0 Å². The lowest BCUT2D eigenvalue weighted by Gasteiger charge is -2.31. The lowest BCUT2D eigenvalue weighted by Crippen LogP contribution is -2.49. The zero-order valence-corrected chi connectivity index (χ0v) is 10.3. The summed E-state index contributed by atoms with van der Waals surface area (Å²) < 4.78 is 0. The number of nitrogens with zero attached hydrogens (tertiary/aromatic N) is 1. The Balaban J connectivity index is 2.37. The van der Waals surface area contributed by atoms with Crippen LogP contribution in [0, 0.1) is 11.3 Å². The molecule has 0 saturated heterocycles. The second-order valence-corrected chi connectivity index (χ2v) is 5.25. The van der Waals surface area contributed by atoms with Gasteiger partial charge in [-0.3, -0.25) is 4.79 Å². The zero-order valence-electron chi connectivity index (χ0n) is 9.50. The molecule has 0 bridgehead atoms. The molecule has 1 saturated carbocycles. The highest BCUT2D eigenvalue weighted by atomic mass is 32.2. The van der Waals surface area contributed by atoms with E-state index in [0.29, 0.717) is 12.3 Å². The van der Waals surface area contributed by atoms with Crippen LogP contribution in [0.3, 0.4) is 0 Å². The van der Waals surface area contributed by atoms with E-state index in [0.717, 1.165) is 31.4 Å². The SMILES string of the molecule is N#CC1(NC(=O)CSCCN)CCCCC1. The first-order chi connectivity index (χ1) is 7.72. The van der Waals surface area contributed by atoms with Gasteiger partial charge >= 0.3 is 0 Å². The first-order valence-electron chi connectivity index (χ1n) is 5.72. The van der Waals surface area contributed by atoms with Crippen LogP contribution in [0.25, 0.3) is 0 Å². The molecule has 4 nitrogen and oxygen atoms in total. The van der Waals surface area contributed by atoms with Crippen molar-refractivity contribution in [2.24, 2.45) is 5.73 Å². The Bertz CT molecular complexity index is 269. The van der Waals surface area contributed by atoms with Crippen LogP contribution in [0.2, 0.25) is 0 Å². The normalized spacial score (nSPS) is 18.8. The Labute approximate surface area is 101 Å². The second kappa shape index (κ2) is 6.77. The summed E-state index contributed by atoms with van der Waals surface area (Å²) in [4.78, 5) is 11.6. The minimum atomic E-state index is -0.599. The molecule has 0 atom stereocenters. The standard InChI is InChI=1S/C11H19N3OS/c12-6-7-16-8-10(15)14-11(9-13)4-2-1-3-5-11/h1-8,12H2,(H,14,15). The zero-order chi connectivity index (χ0) is 11.9. The van der Waals surface area contributed by atoms with Crippen molar-refractivity contribution >= 4 is 17.7 Å². The summed E-state index contributed by atoms with van der Waals surface area (Å²) in [5, 5.41) is 12.0. The van der Waals surface area contributed by atoms with Gasteiger partial charge in [-0.1, -0.05) is 19.3 Å². The largest absolute Gasteiger partial charge is 0.337 e. The molecule has 0 aromatic carbocycles. The molecule has 1 aliphatic rings. The van der Waals surface area contributed by atoms with Crippen molar-refractivity contribution in [2.45, 2.75) is 37.6 Å². The molecule has 1 amide bonds. The minimum absolute atomic E-state index is 0.0399. The average molecular weight is 241 g/mol. The van der Waals surface area contributed by atoms with Gasteiger partial charge in [0.25, 0.3) is 0 Å². The summed E-state index contributed by atoms with van der Waals surface area (Å²) in [6.45, 7) is 0.585. The van der Waals surface area contributed by atoms with Crippen LogP contribution in [-0.2, 0) is 4.79 Å². The van der Waals surface area contributed by atoms with Crippen LogP contribution >= 0.6 is 11.8 Å². The third kappa shape index (κ3) is 4.03. The monoisotopic (exact) mass is 241 g/mol. The molecule has 1 aliphatic carbocycles. The van der Waals surface area contributed by atoms with E-state index in [9.17, 15) is 10.1 Å². The van der Waals surface area contributed by atoms with E-state index in [4.69, 9.17) is 5.73 Å². The first-order valence-corrected chi connectivity index (χ1v) is 6.88. The number of amides is 1. The number of thioether (sulfide) groups is 1. The molecule has 0 radical (unpaired) electrons. The second-order valence-electron chi connectivity index (χ2n) is 4.14. The molecule has 0 aliphatic heterocycles. The van der Waals surface area contributed by atoms with Gasteiger partial charge in [0.15, 0.2) is 0 Å². The third-order valence-electron chi connectivity index (χ3n) is 2.80. The topological polar surface area (TPSA) is 78.9 Å². The molecule has 1 rings (SSSR count). The van der Waals surface area contributed by atoms with Gasteiger partial charge in [-0.05, 0) is 12.8 Å². The summed E-state index contributed by atoms with van der Waals surface area (Å²) >= 11 is 1.51. The van der Waals surface area contributed by atoms with Crippen molar-refractivity contribution in [3.8, 4) is 6.07 Å². The van der Waals surface area contributed by atoms with E-state index < -0.39 is 5.54 Å². The Morgan fingerprint density at radius 1 is 1.44 bits per heavy atom. The number of hydrogen-bond donors (Lipinski definition) is 2. The molecule has 1 fully saturated rings. The van der Waals surface area contributed by atoms with E-state index in [-0.39, 0.29) is 5.91 Å². The smallest absolute Gasteiger partial charge is 0.231 e. The van der Waals surface area contributed by atoms with Crippen LogP contribution < -0.4 is 11.1 Å². The summed E-state index contributed by atoms with van der Waals surface area (Å²) in [5.41, 5.74) is 4.75. The van der Waals surface area contributed by atoms with Gasteiger partial charge in [0.1, 0.15) is 5.54 Å². The average Bonchev–Trinajstić information content (AvgIpc) is 2.30. The molecule has 0 aromatic heterocycles. The maximum Gasteiger partial charge on any atom is 0.231 e. The maximum absolute atomic E-state index is 11.6. The van der Waals surface area contributed by atoms with E-state index >= 15 is 0 Å². The lowest BCUT2D eigenvalue weighted by molar-refractivity contribution is -0.120. The van der Waals surface area contributed by atoms with Crippen LogP contribution in [0.1, 0.15) is 32.1 Å². The number of nitrogens with one attached hydrogen (secondary N) is 1. The Hall–Kier alpha value is -0.730. The predicted octanol–water partition coefficient (Wildman–Crippen LogP) is 1.02. The van der Waals surface area contributed by atoms with Crippen LogP contribution in [0.4, 0.5) is 0 Å². The maximum atomic E-state index is 11.6. The summed E-state index contributed by atoms with van der Waals surface area (Å²) in [6.07, 6.45) is 4.81. The Kier molecular flexibility index (Phi) is 5.64. The molecular formula is C11H19N3OS. The van der Waals surface area contributed by atoms with E-state index in [2.05, 4.69) is 11.4 Å². The van der Waals surface area contributed by atoms with E-state index in [1.165, 1.54) is 18.2 Å². The number of hydrogen-bond acceptors (Lipinski definition) is 4. The van der Waals surface area contributed by atoms with E-state index in [1.807, 2.05) is 0 Å². The predicted molar refractivity (Wildman–Crippen MR) is 66.0 cm³/mol. The van der Waals surface area contributed by atoms with Crippen molar-refractivity contribution in [3.63, 3.8) is 0 Å². The van der Waals surface area contributed by atoms with Gasteiger partial charge in [-0.15, -0.1) is 0 Å². The number of carbonyl (C=O) groups excluding carboxylic acids is 1. The van der Waals surface area contributed by atoms with Gasteiger partial charge in [0.05, 0.1) is 11.8 Å².